The van der Waals surface area contributed by atoms with Crippen molar-refractivity contribution in [1.29, 1.82) is 0 Å². The number of nitrogens with two attached hydrogens (primary N) is 1. The molecule has 0 radical (unpaired) electrons. The number of piperidine rings is 2. The van der Waals surface area contributed by atoms with E-state index < -0.39 is 0 Å². The van der Waals surface area contributed by atoms with Gasteiger partial charge in [-0.25, -0.2) is 0 Å². The largest absolute Gasteiger partial charge is 0.325 e. The second-order valence-corrected chi connectivity index (χ2v) is 4.09. The van der Waals surface area contributed by atoms with E-state index in [-0.39, 0.29) is 5.54 Å². The molecule has 1 aliphatic carbocycles. The van der Waals surface area contributed by atoms with Crippen LogP contribution in [0, 0.1) is 5.92 Å². The van der Waals surface area contributed by atoms with Gasteiger partial charge >= 0.3 is 0 Å². The van der Waals surface area contributed by atoms with E-state index in [4.69, 9.17) is 5.73 Å². The smallest absolute Gasteiger partial charge is 0.0181 e. The summed E-state index contributed by atoms with van der Waals surface area (Å²) in [5, 5.41) is 3.49. The summed E-state index contributed by atoms with van der Waals surface area (Å²) in [6.07, 6.45) is 3.86. The molecule has 0 spiro atoms. The predicted molar refractivity (Wildman–Crippen MR) is 41.7 cm³/mol. The summed E-state index contributed by atoms with van der Waals surface area (Å²) >= 11 is 0. The van der Waals surface area contributed by atoms with Crippen LogP contribution in [0.2, 0.25) is 0 Å². The third kappa shape index (κ3) is 0.867. The molecule has 3 rings (SSSR count). The van der Waals surface area contributed by atoms with Crippen molar-refractivity contribution in [2.75, 3.05) is 6.54 Å². The molecule has 2 heteroatoms. The quantitative estimate of drug-likeness (QED) is 0.513. The average molecular weight is 140 g/mol. The molecule has 2 aliphatic heterocycles. The molecule has 3 atom stereocenters. The van der Waals surface area contributed by atoms with Gasteiger partial charge in [0.2, 0.25) is 0 Å². The molecule has 0 aromatic carbocycles. The number of rotatable bonds is 0. The Morgan fingerprint density at radius 2 is 2.30 bits per heavy atom. The monoisotopic (exact) mass is 140 g/mol. The first kappa shape index (κ1) is 6.62. The fourth-order valence-corrected chi connectivity index (χ4v) is 2.35. The molecule has 3 fully saturated rings. The molecule has 1 saturated carbocycles. The van der Waals surface area contributed by atoms with Crippen LogP contribution in [0.15, 0.2) is 0 Å². The van der Waals surface area contributed by atoms with Gasteiger partial charge < -0.3 is 11.1 Å². The maximum Gasteiger partial charge on any atom is 0.0181 e. The Balaban J connectivity index is 2.15. The van der Waals surface area contributed by atoms with Gasteiger partial charge in [0.15, 0.2) is 0 Å². The minimum Gasteiger partial charge on any atom is -0.325 e. The summed E-state index contributed by atoms with van der Waals surface area (Å²) in [7, 11) is 0. The first-order valence-corrected chi connectivity index (χ1v) is 4.21. The van der Waals surface area contributed by atoms with Crippen molar-refractivity contribution in [3.05, 3.63) is 0 Å². The number of nitrogens with one attached hydrogen (secondary N) is 1. The third-order valence-corrected chi connectivity index (χ3v) is 3.14. The molecular weight excluding hydrogens is 124 g/mol. The summed E-state index contributed by atoms with van der Waals surface area (Å²) in [6, 6.07) is 0.722. The first-order chi connectivity index (χ1) is 4.68. The van der Waals surface area contributed by atoms with Crippen molar-refractivity contribution >= 4 is 0 Å². The lowest BCUT2D eigenvalue weighted by Gasteiger charge is -2.48. The van der Waals surface area contributed by atoms with E-state index in [1.165, 1.54) is 19.3 Å². The number of hydrogen-bond donors (Lipinski definition) is 2. The normalized spacial score (nSPS) is 53.4. The SMILES string of the molecule is CC1(N)CC2CCC1CN2. The number of fused-ring (bicyclic) bond motifs is 3. The van der Waals surface area contributed by atoms with Gasteiger partial charge in [-0.05, 0) is 38.6 Å². The molecule has 3 N–H and O–H groups in total. The van der Waals surface area contributed by atoms with E-state index in [1.807, 2.05) is 0 Å². The Bertz CT molecular complexity index is 134. The Hall–Kier alpha value is -0.0800. The summed E-state index contributed by atoms with van der Waals surface area (Å²) in [5.74, 6) is 0.734. The third-order valence-electron chi connectivity index (χ3n) is 3.14. The van der Waals surface area contributed by atoms with Gasteiger partial charge in [0, 0.05) is 11.6 Å². The predicted octanol–water partition coefficient (Wildman–Crippen LogP) is 0.476. The highest BCUT2D eigenvalue weighted by Gasteiger charge is 2.41. The van der Waals surface area contributed by atoms with Crippen molar-refractivity contribution in [3.8, 4) is 0 Å². The lowest BCUT2D eigenvalue weighted by atomic mass is 9.69. The molecule has 58 valence electrons. The summed E-state index contributed by atoms with van der Waals surface area (Å²) in [5.41, 5.74) is 6.26. The molecule has 2 heterocycles. The molecule has 0 aromatic rings. The molecule has 3 unspecified atom stereocenters. The Morgan fingerprint density at radius 3 is 2.50 bits per heavy atom. The second-order valence-electron chi connectivity index (χ2n) is 4.09. The zero-order chi connectivity index (χ0) is 7.19. The van der Waals surface area contributed by atoms with Gasteiger partial charge in [0.1, 0.15) is 0 Å². The van der Waals surface area contributed by atoms with E-state index in [0.29, 0.717) is 0 Å². The molecule has 3 aliphatic rings. The van der Waals surface area contributed by atoms with Gasteiger partial charge in [-0.2, -0.15) is 0 Å². The summed E-state index contributed by atoms with van der Waals surface area (Å²) < 4.78 is 0. The minimum atomic E-state index is 0.133. The molecule has 2 nitrogen and oxygen atoms in total. The van der Waals surface area contributed by atoms with Crippen LogP contribution in [0.1, 0.15) is 26.2 Å². The van der Waals surface area contributed by atoms with Crippen molar-refractivity contribution in [2.45, 2.75) is 37.8 Å². The van der Waals surface area contributed by atoms with Crippen LogP contribution >= 0.6 is 0 Å². The maximum atomic E-state index is 6.12. The molecular formula is C8H16N2. The Labute approximate surface area is 62.2 Å². The van der Waals surface area contributed by atoms with E-state index in [9.17, 15) is 0 Å². The molecule has 2 saturated heterocycles. The van der Waals surface area contributed by atoms with E-state index in [1.54, 1.807) is 0 Å². The highest BCUT2D eigenvalue weighted by molar-refractivity contribution is 5.01. The van der Waals surface area contributed by atoms with Crippen molar-refractivity contribution < 1.29 is 0 Å². The molecule has 0 amide bonds. The van der Waals surface area contributed by atoms with E-state index in [0.717, 1.165) is 18.5 Å². The number of hydrogen-bond acceptors (Lipinski definition) is 2. The molecule has 10 heavy (non-hydrogen) atoms. The van der Waals surface area contributed by atoms with Crippen LogP contribution in [0.25, 0.3) is 0 Å². The van der Waals surface area contributed by atoms with Crippen LogP contribution in [0.3, 0.4) is 0 Å². The molecule has 2 bridgehead atoms. The van der Waals surface area contributed by atoms with Crippen LogP contribution < -0.4 is 11.1 Å². The van der Waals surface area contributed by atoms with Crippen molar-refractivity contribution in [1.82, 2.24) is 5.32 Å². The Morgan fingerprint density at radius 1 is 1.50 bits per heavy atom. The lowest BCUT2D eigenvalue weighted by molar-refractivity contribution is 0.114. The fourth-order valence-electron chi connectivity index (χ4n) is 2.35. The average Bonchev–Trinajstić information content (AvgIpc) is 1.87. The zero-order valence-electron chi connectivity index (χ0n) is 6.56. The topological polar surface area (TPSA) is 38.0 Å². The van der Waals surface area contributed by atoms with E-state index >= 15 is 0 Å². The minimum absolute atomic E-state index is 0.133. The van der Waals surface area contributed by atoms with Crippen LogP contribution in [0.5, 0.6) is 0 Å². The van der Waals surface area contributed by atoms with Crippen molar-refractivity contribution in [2.24, 2.45) is 11.7 Å². The zero-order valence-corrected chi connectivity index (χ0v) is 6.56. The second kappa shape index (κ2) is 1.95. The Kier molecular flexibility index (Phi) is 1.29. The van der Waals surface area contributed by atoms with Crippen LogP contribution in [-0.2, 0) is 0 Å². The van der Waals surface area contributed by atoms with E-state index in [2.05, 4.69) is 12.2 Å². The van der Waals surface area contributed by atoms with Gasteiger partial charge in [-0.3, -0.25) is 0 Å². The van der Waals surface area contributed by atoms with Gasteiger partial charge in [0.25, 0.3) is 0 Å². The van der Waals surface area contributed by atoms with Crippen LogP contribution in [0.4, 0.5) is 0 Å². The van der Waals surface area contributed by atoms with Gasteiger partial charge in [-0.1, -0.05) is 0 Å². The standard InChI is InChI=1S/C8H16N2/c1-8(9)4-7-3-2-6(8)5-10-7/h6-7,10H,2-5,9H2,1H3. The lowest BCUT2D eigenvalue weighted by Crippen LogP contribution is -2.61. The maximum absolute atomic E-state index is 6.12. The van der Waals surface area contributed by atoms with Crippen LogP contribution in [-0.4, -0.2) is 18.1 Å². The van der Waals surface area contributed by atoms with Crippen molar-refractivity contribution in [3.63, 3.8) is 0 Å². The van der Waals surface area contributed by atoms with Gasteiger partial charge in [0.05, 0.1) is 0 Å². The highest BCUT2D eigenvalue weighted by Crippen LogP contribution is 2.35. The molecule has 0 aromatic heterocycles. The summed E-state index contributed by atoms with van der Waals surface area (Å²) in [6.45, 7) is 3.35. The summed E-state index contributed by atoms with van der Waals surface area (Å²) in [4.78, 5) is 0. The fraction of sp³-hybridized carbons (Fsp3) is 1.00. The van der Waals surface area contributed by atoms with Gasteiger partial charge in [-0.15, -0.1) is 0 Å². The first-order valence-electron chi connectivity index (χ1n) is 4.21. The highest BCUT2D eigenvalue weighted by atomic mass is 15.0.